The number of carbonyl (C=O) groups excluding carboxylic acids is 1. The van der Waals surface area contributed by atoms with E-state index in [0.717, 1.165) is 24.9 Å². The highest BCUT2D eigenvalue weighted by molar-refractivity contribution is 5.64. The zero-order chi connectivity index (χ0) is 13.0. The zero-order valence-electron chi connectivity index (χ0n) is 10.6. The number of guanidine groups is 1. The first-order chi connectivity index (χ1) is 7.45. The van der Waals surface area contributed by atoms with Crippen molar-refractivity contribution < 1.29 is 14.8 Å². The van der Waals surface area contributed by atoms with E-state index in [4.69, 9.17) is 21.0 Å². The highest BCUT2D eigenvalue weighted by atomic mass is 16.4. The topological polar surface area (TPSA) is 94.4 Å². The van der Waals surface area contributed by atoms with Gasteiger partial charge >= 0.3 is 0 Å². The molecule has 0 saturated carbocycles. The Kier molecular flexibility index (Phi) is 12.9. The number of hydrogen-bond donors (Lipinski definition) is 3. The molecule has 0 spiro atoms. The number of unbranched alkanes of at least 4 members (excludes halogenated alkanes) is 2. The summed E-state index contributed by atoms with van der Waals surface area (Å²) in [6.45, 7) is 7.34. The largest absolute Gasteiger partial charge is 0.550 e. The van der Waals surface area contributed by atoms with E-state index in [2.05, 4.69) is 13.8 Å². The molecule has 0 unspecified atom stereocenters. The van der Waals surface area contributed by atoms with Crippen molar-refractivity contribution in [3.05, 3.63) is 0 Å². The van der Waals surface area contributed by atoms with Gasteiger partial charge in [0.2, 0.25) is 0 Å². The van der Waals surface area contributed by atoms with Crippen LogP contribution in [0.15, 0.2) is 0 Å². The van der Waals surface area contributed by atoms with Crippen LogP contribution in [0, 0.1) is 5.41 Å². The van der Waals surface area contributed by atoms with Gasteiger partial charge in [-0.2, -0.15) is 0 Å². The zero-order valence-corrected chi connectivity index (χ0v) is 10.6. The molecular weight excluding hydrogens is 206 g/mol. The van der Waals surface area contributed by atoms with Crippen LogP contribution >= 0.6 is 0 Å². The third-order valence-electron chi connectivity index (χ3n) is 2.05. The molecule has 0 aliphatic rings. The molecule has 0 aliphatic carbocycles. The maximum Gasteiger partial charge on any atom is 0.290 e. The maximum absolute atomic E-state index is 8.89. The van der Waals surface area contributed by atoms with Gasteiger partial charge in [-0.3, -0.25) is 4.90 Å². The molecule has 0 amide bonds. The van der Waals surface area contributed by atoms with Gasteiger partial charge in [0.25, 0.3) is 5.96 Å². The SMILES string of the molecule is CC(=O)[O-].CCCC[NH+](CCCC)C(=N)N. The third-order valence-corrected chi connectivity index (χ3v) is 2.05. The lowest BCUT2D eigenvalue weighted by molar-refractivity contribution is -0.808. The smallest absolute Gasteiger partial charge is 0.290 e. The second-order valence-corrected chi connectivity index (χ2v) is 3.72. The Morgan fingerprint density at radius 1 is 1.25 bits per heavy atom. The summed E-state index contributed by atoms with van der Waals surface area (Å²) in [5.74, 6) is -0.781. The lowest BCUT2D eigenvalue weighted by Crippen LogP contribution is -3.16. The first kappa shape index (κ1) is 17.3. The predicted molar refractivity (Wildman–Crippen MR) is 63.1 cm³/mol. The summed E-state index contributed by atoms with van der Waals surface area (Å²) in [5, 5.41) is 16.2. The number of hydrogen-bond acceptors (Lipinski definition) is 3. The molecule has 0 aliphatic heterocycles. The van der Waals surface area contributed by atoms with Crippen molar-refractivity contribution in [2.75, 3.05) is 13.1 Å². The van der Waals surface area contributed by atoms with Crippen LogP contribution in [-0.4, -0.2) is 25.0 Å². The Morgan fingerprint density at radius 2 is 1.56 bits per heavy atom. The number of quaternary nitrogens is 1. The molecule has 0 radical (unpaired) electrons. The van der Waals surface area contributed by atoms with Crippen LogP contribution in [0.1, 0.15) is 46.5 Å². The Labute approximate surface area is 98.1 Å². The van der Waals surface area contributed by atoms with Crippen LogP contribution in [0.2, 0.25) is 0 Å². The van der Waals surface area contributed by atoms with Gasteiger partial charge in [-0.1, -0.05) is 26.7 Å². The maximum atomic E-state index is 8.89. The lowest BCUT2D eigenvalue weighted by Gasteiger charge is -2.15. The van der Waals surface area contributed by atoms with Gasteiger partial charge in [-0.25, -0.2) is 5.41 Å². The average Bonchev–Trinajstić information content (AvgIpc) is 2.16. The van der Waals surface area contributed by atoms with Crippen molar-refractivity contribution in [2.24, 2.45) is 5.73 Å². The summed E-state index contributed by atoms with van der Waals surface area (Å²) in [6.07, 6.45) is 4.70. The molecule has 5 nitrogen and oxygen atoms in total. The van der Waals surface area contributed by atoms with E-state index in [0.29, 0.717) is 5.96 Å². The Morgan fingerprint density at radius 3 is 1.75 bits per heavy atom. The van der Waals surface area contributed by atoms with E-state index >= 15 is 0 Å². The van der Waals surface area contributed by atoms with Crippen LogP contribution in [0.25, 0.3) is 0 Å². The first-order valence-electron chi connectivity index (χ1n) is 5.82. The van der Waals surface area contributed by atoms with E-state index in [1.54, 1.807) is 0 Å². The van der Waals surface area contributed by atoms with Crippen molar-refractivity contribution in [3.8, 4) is 0 Å². The van der Waals surface area contributed by atoms with Crippen LogP contribution < -0.4 is 15.7 Å². The molecule has 0 bridgehead atoms. The van der Waals surface area contributed by atoms with Gasteiger partial charge in [0.1, 0.15) is 0 Å². The van der Waals surface area contributed by atoms with Crippen molar-refractivity contribution in [1.82, 2.24) is 0 Å². The second-order valence-electron chi connectivity index (χ2n) is 3.72. The van der Waals surface area contributed by atoms with Crippen LogP contribution in [0.5, 0.6) is 0 Å². The van der Waals surface area contributed by atoms with Crippen LogP contribution in [0.4, 0.5) is 0 Å². The van der Waals surface area contributed by atoms with Crippen LogP contribution in [-0.2, 0) is 4.79 Å². The number of carboxylic acids is 1. The summed E-state index contributed by atoms with van der Waals surface area (Å²) >= 11 is 0. The van der Waals surface area contributed by atoms with E-state index in [1.165, 1.54) is 25.7 Å². The number of aliphatic carboxylic acids is 1. The van der Waals surface area contributed by atoms with E-state index < -0.39 is 5.97 Å². The number of rotatable bonds is 6. The van der Waals surface area contributed by atoms with Gasteiger partial charge in [-0.05, 0) is 19.8 Å². The molecule has 0 aromatic rings. The quantitative estimate of drug-likeness (QED) is 0.409. The molecule has 5 heteroatoms. The van der Waals surface area contributed by atoms with Gasteiger partial charge in [0.05, 0.1) is 13.1 Å². The minimum Gasteiger partial charge on any atom is -0.550 e. The molecule has 0 aromatic heterocycles. The Bertz CT molecular complexity index is 184. The number of nitrogens with one attached hydrogen (secondary N) is 2. The monoisotopic (exact) mass is 231 g/mol. The normalized spacial score (nSPS) is 9.50. The molecule has 16 heavy (non-hydrogen) atoms. The van der Waals surface area contributed by atoms with Gasteiger partial charge < -0.3 is 15.6 Å². The number of carbonyl (C=O) groups is 1. The summed E-state index contributed by atoms with van der Waals surface area (Å²) in [4.78, 5) is 10.0. The molecule has 0 rings (SSSR count). The van der Waals surface area contributed by atoms with E-state index in [-0.39, 0.29) is 0 Å². The number of nitrogens with two attached hydrogens (primary N) is 1. The van der Waals surface area contributed by atoms with Crippen molar-refractivity contribution in [1.29, 1.82) is 5.41 Å². The van der Waals surface area contributed by atoms with Crippen molar-refractivity contribution in [2.45, 2.75) is 46.5 Å². The summed E-state index contributed by atoms with van der Waals surface area (Å²) in [6, 6.07) is 0. The molecule has 0 saturated heterocycles. The highest BCUT2D eigenvalue weighted by Crippen LogP contribution is 1.82. The molecule has 96 valence electrons. The third kappa shape index (κ3) is 15.4. The minimum absolute atomic E-state index is 0.303. The molecule has 0 aromatic carbocycles. The fraction of sp³-hybridized carbons (Fsp3) is 0.818. The minimum atomic E-state index is -1.08. The standard InChI is InChI=1S/C9H21N3.C2H4O2/c1-3-5-7-12(9(10)11)8-6-4-2;1-2(3)4/h3-8H2,1-2H3,(H3,10,11);1H3,(H,3,4). The predicted octanol–water partition coefficient (Wildman–Crippen LogP) is -0.879. The fourth-order valence-corrected chi connectivity index (χ4v) is 1.17. The van der Waals surface area contributed by atoms with Gasteiger partial charge in [-0.15, -0.1) is 0 Å². The summed E-state index contributed by atoms with van der Waals surface area (Å²) in [5.41, 5.74) is 5.46. The van der Waals surface area contributed by atoms with Crippen molar-refractivity contribution >= 4 is 11.9 Å². The average molecular weight is 231 g/mol. The second kappa shape index (κ2) is 12.0. The van der Waals surface area contributed by atoms with Gasteiger partial charge in [0, 0.05) is 5.97 Å². The van der Waals surface area contributed by atoms with Gasteiger partial charge in [0.15, 0.2) is 0 Å². The molecule has 0 heterocycles. The highest BCUT2D eigenvalue weighted by Gasteiger charge is 2.09. The Balaban J connectivity index is 0. The first-order valence-corrected chi connectivity index (χ1v) is 5.82. The summed E-state index contributed by atoms with van der Waals surface area (Å²) in [7, 11) is 0. The Hall–Kier alpha value is -1.10. The van der Waals surface area contributed by atoms with Crippen molar-refractivity contribution in [3.63, 3.8) is 0 Å². The van der Waals surface area contributed by atoms with E-state index in [1.807, 2.05) is 0 Å². The number of carboxylic acid groups (broad SMARTS) is 1. The van der Waals surface area contributed by atoms with Crippen LogP contribution in [0.3, 0.4) is 0 Å². The molecule has 4 N–H and O–H groups in total. The molecule has 0 fully saturated rings. The van der Waals surface area contributed by atoms with E-state index in [9.17, 15) is 0 Å². The summed E-state index contributed by atoms with van der Waals surface area (Å²) < 4.78 is 0. The molecular formula is C11H25N3O2. The molecule has 0 atom stereocenters. The fourth-order valence-electron chi connectivity index (χ4n) is 1.17. The lowest BCUT2D eigenvalue weighted by atomic mass is 10.3.